The number of nitrogens with one attached hydrogen (secondary N) is 1. The van der Waals surface area contributed by atoms with Crippen LogP contribution in [-0.4, -0.2) is 84.1 Å². The van der Waals surface area contributed by atoms with E-state index in [1.807, 2.05) is 37.3 Å². The van der Waals surface area contributed by atoms with Crippen LogP contribution in [-0.2, 0) is 16.2 Å². The van der Waals surface area contributed by atoms with Gasteiger partial charge in [0.05, 0.1) is 20.3 Å². The molecule has 9 heteroatoms. The first-order valence-corrected chi connectivity index (χ1v) is 14.8. The monoisotopic (exact) mass is 583 g/mol. The molecule has 1 heterocycles. The van der Waals surface area contributed by atoms with Crippen molar-refractivity contribution in [2.75, 3.05) is 27.8 Å². The Bertz CT molecular complexity index is 1210. The van der Waals surface area contributed by atoms with Gasteiger partial charge >= 0.3 is 0 Å². The predicted octanol–water partition coefficient (Wildman–Crippen LogP) is 4.11. The lowest BCUT2D eigenvalue weighted by Gasteiger charge is -2.37. The summed E-state index contributed by atoms with van der Waals surface area (Å²) in [6, 6.07) is 11.9. The van der Waals surface area contributed by atoms with E-state index in [0.29, 0.717) is 17.2 Å². The Morgan fingerprint density at radius 1 is 1.12 bits per heavy atom. The van der Waals surface area contributed by atoms with Crippen molar-refractivity contribution in [3.63, 3.8) is 0 Å². The van der Waals surface area contributed by atoms with Gasteiger partial charge in [-0.2, -0.15) is 5.06 Å². The second kappa shape index (κ2) is 14.0. The number of carbonyl (C=O) groups is 2. The molecule has 2 aromatic rings. The Morgan fingerprint density at radius 3 is 2.29 bits per heavy atom. The molecule has 42 heavy (non-hydrogen) atoms. The standard InChI is InChI=1S/C33H49N3O6/c1-10-26(20(2)21(3)33(4,5)6)34-31(39)28-29(38)27(19-37)42-36(28)18-24-12-11-13-25(30(24)41-9)22-14-16-23(17-15-22)32(40)35(7)8/h11-17,20-21,26-29,37-38H,10,18-19H2,1-9H3,(H,34,39)/t20?,21-,26-,27?,28-,29+/m0/s1. The highest BCUT2D eigenvalue weighted by atomic mass is 16.7. The van der Waals surface area contributed by atoms with E-state index in [1.54, 1.807) is 33.3 Å². The van der Waals surface area contributed by atoms with E-state index in [1.165, 1.54) is 9.96 Å². The van der Waals surface area contributed by atoms with E-state index in [-0.39, 0.29) is 35.7 Å². The highest BCUT2D eigenvalue weighted by Gasteiger charge is 2.47. The molecule has 3 N–H and O–H groups in total. The summed E-state index contributed by atoms with van der Waals surface area (Å²) in [5.41, 5.74) is 3.08. The molecule has 1 aliphatic rings. The summed E-state index contributed by atoms with van der Waals surface area (Å²) in [7, 11) is 5.01. The highest BCUT2D eigenvalue weighted by molar-refractivity contribution is 5.94. The molecule has 2 unspecified atom stereocenters. The number of rotatable bonds is 11. The van der Waals surface area contributed by atoms with E-state index >= 15 is 0 Å². The van der Waals surface area contributed by atoms with Crippen LogP contribution in [0.3, 0.4) is 0 Å². The van der Waals surface area contributed by atoms with Gasteiger partial charge in [-0.1, -0.05) is 71.9 Å². The normalized spacial score (nSPS) is 21.5. The van der Waals surface area contributed by atoms with Gasteiger partial charge in [0.2, 0.25) is 5.91 Å². The van der Waals surface area contributed by atoms with Gasteiger partial charge in [-0.15, -0.1) is 0 Å². The zero-order valence-corrected chi connectivity index (χ0v) is 26.5. The summed E-state index contributed by atoms with van der Waals surface area (Å²) >= 11 is 0. The molecule has 6 atom stereocenters. The molecule has 0 radical (unpaired) electrons. The van der Waals surface area contributed by atoms with Crippen molar-refractivity contribution in [2.45, 2.75) is 78.8 Å². The Morgan fingerprint density at radius 2 is 1.76 bits per heavy atom. The Hall–Kier alpha value is -2.98. The molecule has 232 valence electrons. The second-order valence-electron chi connectivity index (χ2n) is 12.6. The summed E-state index contributed by atoms with van der Waals surface area (Å²) in [6.45, 7) is 12.7. The first-order valence-electron chi connectivity index (χ1n) is 14.8. The number of carbonyl (C=O) groups excluding carboxylic acids is 2. The average molecular weight is 584 g/mol. The van der Waals surface area contributed by atoms with Crippen LogP contribution in [0.1, 0.15) is 63.9 Å². The molecular formula is C33H49N3O6. The number of hydroxylamine groups is 2. The van der Waals surface area contributed by atoms with Crippen molar-refractivity contribution in [1.29, 1.82) is 0 Å². The van der Waals surface area contributed by atoms with Gasteiger partial charge in [0.25, 0.3) is 5.91 Å². The minimum Gasteiger partial charge on any atom is -0.496 e. The lowest BCUT2D eigenvalue weighted by Crippen LogP contribution is -2.53. The summed E-state index contributed by atoms with van der Waals surface area (Å²) in [5.74, 6) is 0.720. The van der Waals surface area contributed by atoms with Gasteiger partial charge in [-0.05, 0) is 41.4 Å². The number of hydrogen-bond donors (Lipinski definition) is 3. The number of aliphatic hydroxyl groups excluding tert-OH is 2. The van der Waals surface area contributed by atoms with E-state index in [0.717, 1.165) is 23.1 Å². The molecule has 0 bridgehead atoms. The van der Waals surface area contributed by atoms with Crippen LogP contribution in [0.15, 0.2) is 42.5 Å². The van der Waals surface area contributed by atoms with Gasteiger partial charge in [0.15, 0.2) is 0 Å². The third-order valence-corrected chi connectivity index (χ3v) is 8.77. The van der Waals surface area contributed by atoms with Gasteiger partial charge < -0.3 is 25.2 Å². The molecule has 1 saturated heterocycles. The molecule has 1 aliphatic heterocycles. The van der Waals surface area contributed by atoms with Crippen molar-refractivity contribution in [3.8, 4) is 16.9 Å². The maximum absolute atomic E-state index is 13.7. The van der Waals surface area contributed by atoms with Crippen LogP contribution in [0.4, 0.5) is 0 Å². The fraction of sp³-hybridized carbons (Fsp3) is 0.576. The smallest absolute Gasteiger partial charge is 0.253 e. The molecule has 0 aliphatic carbocycles. The SMILES string of the molecule is CC[C@H](NC(=O)[C@@H]1[C@H](O)C(CO)ON1Cc1cccc(-c2ccc(C(=O)N(C)C)cc2)c1OC)C(C)[C@H](C)C(C)(C)C. The minimum atomic E-state index is -1.21. The highest BCUT2D eigenvalue weighted by Crippen LogP contribution is 2.37. The fourth-order valence-corrected chi connectivity index (χ4v) is 5.65. The Labute approximate surface area is 250 Å². The molecule has 1 fully saturated rings. The minimum absolute atomic E-state index is 0.0747. The van der Waals surface area contributed by atoms with Crippen molar-refractivity contribution >= 4 is 11.8 Å². The van der Waals surface area contributed by atoms with Crippen LogP contribution in [0.2, 0.25) is 0 Å². The molecule has 2 aromatic carbocycles. The molecule has 0 spiro atoms. The quantitative estimate of drug-likeness (QED) is 0.365. The Balaban J connectivity index is 1.88. The maximum Gasteiger partial charge on any atom is 0.253 e. The summed E-state index contributed by atoms with van der Waals surface area (Å²) in [5, 5.41) is 25.6. The third kappa shape index (κ3) is 7.32. The lowest BCUT2D eigenvalue weighted by molar-refractivity contribution is -0.182. The molecule has 0 aromatic heterocycles. The van der Waals surface area contributed by atoms with Gasteiger partial charge in [-0.3, -0.25) is 14.4 Å². The fourth-order valence-electron chi connectivity index (χ4n) is 5.65. The molecule has 3 rings (SSSR count). The van der Waals surface area contributed by atoms with Crippen molar-refractivity contribution < 1.29 is 29.4 Å². The van der Waals surface area contributed by atoms with Crippen molar-refractivity contribution in [3.05, 3.63) is 53.6 Å². The number of nitrogens with zero attached hydrogens (tertiary/aromatic N) is 2. The number of hydrogen-bond acceptors (Lipinski definition) is 7. The zero-order chi connectivity index (χ0) is 31.4. The van der Waals surface area contributed by atoms with Crippen LogP contribution in [0, 0.1) is 17.3 Å². The number of para-hydroxylation sites is 1. The molecule has 0 saturated carbocycles. The first kappa shape index (κ1) is 33.5. The topological polar surface area (TPSA) is 112 Å². The van der Waals surface area contributed by atoms with Gasteiger partial charge in [0, 0.05) is 36.8 Å². The number of ether oxygens (including phenoxy) is 1. The largest absolute Gasteiger partial charge is 0.496 e. The zero-order valence-electron chi connectivity index (χ0n) is 26.5. The van der Waals surface area contributed by atoms with Gasteiger partial charge in [0.1, 0.15) is 24.0 Å². The van der Waals surface area contributed by atoms with E-state index in [4.69, 9.17) is 9.57 Å². The summed E-state index contributed by atoms with van der Waals surface area (Å²) < 4.78 is 5.83. The summed E-state index contributed by atoms with van der Waals surface area (Å²) in [6.07, 6.45) is -1.39. The van der Waals surface area contributed by atoms with E-state index in [9.17, 15) is 19.8 Å². The van der Waals surface area contributed by atoms with Crippen LogP contribution in [0.5, 0.6) is 5.75 Å². The molecule has 2 amide bonds. The number of methoxy groups -OCH3 is 1. The third-order valence-electron chi connectivity index (χ3n) is 8.77. The van der Waals surface area contributed by atoms with E-state index < -0.39 is 24.9 Å². The van der Waals surface area contributed by atoms with E-state index in [2.05, 4.69) is 39.9 Å². The lowest BCUT2D eigenvalue weighted by atomic mass is 9.72. The van der Waals surface area contributed by atoms with Crippen LogP contribution >= 0.6 is 0 Å². The molecule has 9 nitrogen and oxygen atoms in total. The number of aliphatic hydroxyl groups is 2. The van der Waals surface area contributed by atoms with Crippen LogP contribution in [0.25, 0.3) is 11.1 Å². The summed E-state index contributed by atoms with van der Waals surface area (Å²) in [4.78, 5) is 33.5. The molecular weight excluding hydrogens is 534 g/mol. The number of amides is 2. The predicted molar refractivity (Wildman–Crippen MR) is 164 cm³/mol. The van der Waals surface area contributed by atoms with Crippen molar-refractivity contribution in [1.82, 2.24) is 15.3 Å². The average Bonchev–Trinajstić information content (AvgIpc) is 3.28. The maximum atomic E-state index is 13.7. The Kier molecular flexibility index (Phi) is 11.2. The second-order valence-corrected chi connectivity index (χ2v) is 12.6. The van der Waals surface area contributed by atoms with Crippen molar-refractivity contribution in [2.24, 2.45) is 17.3 Å². The first-order chi connectivity index (χ1) is 19.7. The van der Waals surface area contributed by atoms with Gasteiger partial charge in [-0.25, -0.2) is 0 Å². The number of benzene rings is 2. The van der Waals surface area contributed by atoms with Crippen LogP contribution < -0.4 is 10.1 Å².